The lowest BCUT2D eigenvalue weighted by Gasteiger charge is -2.37. The van der Waals surface area contributed by atoms with Crippen molar-refractivity contribution in [3.63, 3.8) is 0 Å². The number of piperidine rings is 1. The first kappa shape index (κ1) is 15.8. The molecule has 0 aliphatic carbocycles. The number of nitrogens with one attached hydrogen (secondary N) is 2. The number of thiocarbonyl (C=S) groups is 1. The van der Waals surface area contributed by atoms with E-state index in [1.165, 1.54) is 0 Å². The van der Waals surface area contributed by atoms with Crippen LogP contribution in [0.15, 0.2) is 0 Å². The Morgan fingerprint density at radius 1 is 1.26 bits per heavy atom. The van der Waals surface area contributed by atoms with E-state index in [1.54, 1.807) is 0 Å². The van der Waals surface area contributed by atoms with E-state index in [0.29, 0.717) is 6.54 Å². The standard InChI is InChI=1S/C12H22N4O2S/c1-12(3-5-16(2)6-4-12)8-15-11(18)10(17)14-7-9(13)19/h3-8H2,1-2H3,(H2,13,19)(H,14,17)(H,15,18). The number of nitrogens with two attached hydrogens (primary N) is 1. The van der Waals surface area contributed by atoms with Crippen LogP contribution in [0, 0.1) is 5.41 Å². The summed E-state index contributed by atoms with van der Waals surface area (Å²) in [6, 6.07) is 0. The molecule has 2 amide bonds. The molecule has 0 radical (unpaired) electrons. The Bertz CT molecular complexity index is 365. The molecular formula is C12H22N4O2S. The molecule has 0 aromatic heterocycles. The quantitative estimate of drug-likeness (QED) is 0.467. The van der Waals surface area contributed by atoms with E-state index >= 15 is 0 Å². The summed E-state index contributed by atoms with van der Waals surface area (Å²) in [4.78, 5) is 25.4. The third-order valence-corrected chi connectivity index (χ3v) is 3.64. The molecule has 4 N–H and O–H groups in total. The molecule has 1 aliphatic heterocycles. The van der Waals surface area contributed by atoms with Gasteiger partial charge in [-0.05, 0) is 38.4 Å². The fourth-order valence-corrected chi connectivity index (χ4v) is 2.03. The highest BCUT2D eigenvalue weighted by molar-refractivity contribution is 7.80. The first-order chi connectivity index (χ1) is 8.82. The van der Waals surface area contributed by atoms with Gasteiger partial charge in [-0.3, -0.25) is 9.59 Å². The summed E-state index contributed by atoms with van der Waals surface area (Å²) >= 11 is 4.62. The maximum absolute atomic E-state index is 11.6. The highest BCUT2D eigenvalue weighted by atomic mass is 32.1. The maximum atomic E-state index is 11.6. The summed E-state index contributed by atoms with van der Waals surface area (Å²) in [5.74, 6) is -1.32. The fourth-order valence-electron chi connectivity index (χ4n) is 1.96. The number of carbonyl (C=O) groups excluding carboxylic acids is 2. The molecule has 0 aromatic carbocycles. The zero-order valence-corrected chi connectivity index (χ0v) is 12.3. The van der Waals surface area contributed by atoms with Crippen molar-refractivity contribution in [1.82, 2.24) is 15.5 Å². The van der Waals surface area contributed by atoms with Gasteiger partial charge in [0.05, 0.1) is 11.5 Å². The van der Waals surface area contributed by atoms with E-state index in [1.807, 2.05) is 0 Å². The molecule has 19 heavy (non-hydrogen) atoms. The maximum Gasteiger partial charge on any atom is 0.309 e. The smallest absolute Gasteiger partial charge is 0.309 e. The van der Waals surface area contributed by atoms with Gasteiger partial charge in [0, 0.05) is 6.54 Å². The molecule has 0 unspecified atom stereocenters. The van der Waals surface area contributed by atoms with E-state index in [2.05, 4.69) is 41.7 Å². The van der Waals surface area contributed by atoms with Crippen molar-refractivity contribution in [3.8, 4) is 0 Å². The number of likely N-dealkylation sites (tertiary alicyclic amines) is 1. The molecule has 6 nitrogen and oxygen atoms in total. The van der Waals surface area contributed by atoms with Gasteiger partial charge in [0.15, 0.2) is 0 Å². The van der Waals surface area contributed by atoms with Crippen LogP contribution in [-0.4, -0.2) is 54.9 Å². The van der Waals surface area contributed by atoms with Gasteiger partial charge in [-0.1, -0.05) is 19.1 Å². The van der Waals surface area contributed by atoms with Crippen molar-refractivity contribution >= 4 is 29.0 Å². The summed E-state index contributed by atoms with van der Waals surface area (Å²) < 4.78 is 0. The third kappa shape index (κ3) is 5.52. The van der Waals surface area contributed by atoms with Crippen LogP contribution in [0.5, 0.6) is 0 Å². The fraction of sp³-hybridized carbons (Fsp3) is 0.750. The second-order valence-electron chi connectivity index (χ2n) is 5.45. The van der Waals surface area contributed by atoms with Crippen molar-refractivity contribution in [2.24, 2.45) is 11.1 Å². The van der Waals surface area contributed by atoms with Crippen LogP contribution in [0.1, 0.15) is 19.8 Å². The average molecular weight is 286 g/mol. The van der Waals surface area contributed by atoms with Crippen LogP contribution in [0.3, 0.4) is 0 Å². The number of carbonyl (C=O) groups is 2. The first-order valence-corrected chi connectivity index (χ1v) is 6.76. The van der Waals surface area contributed by atoms with Crippen molar-refractivity contribution in [3.05, 3.63) is 0 Å². The Hall–Kier alpha value is -1.21. The lowest BCUT2D eigenvalue weighted by molar-refractivity contribution is -0.139. The van der Waals surface area contributed by atoms with E-state index in [0.717, 1.165) is 25.9 Å². The van der Waals surface area contributed by atoms with Crippen LogP contribution >= 0.6 is 12.2 Å². The van der Waals surface area contributed by atoms with E-state index in [9.17, 15) is 9.59 Å². The summed E-state index contributed by atoms with van der Waals surface area (Å²) in [7, 11) is 2.08. The SMILES string of the molecule is CN1CCC(C)(CNC(=O)C(=O)NCC(N)=S)CC1. The lowest BCUT2D eigenvalue weighted by atomic mass is 9.80. The predicted molar refractivity (Wildman–Crippen MR) is 77.6 cm³/mol. The number of hydrogen-bond acceptors (Lipinski definition) is 4. The lowest BCUT2D eigenvalue weighted by Crippen LogP contribution is -2.48. The van der Waals surface area contributed by atoms with Gasteiger partial charge in [-0.25, -0.2) is 0 Å². The third-order valence-electron chi connectivity index (χ3n) is 3.50. The van der Waals surface area contributed by atoms with Crippen molar-refractivity contribution in [2.75, 3.05) is 33.2 Å². The van der Waals surface area contributed by atoms with Crippen LogP contribution in [0.25, 0.3) is 0 Å². The van der Waals surface area contributed by atoms with Crippen LogP contribution < -0.4 is 16.4 Å². The Balaban J connectivity index is 2.33. The average Bonchev–Trinajstić information content (AvgIpc) is 2.37. The molecule has 0 aromatic rings. The van der Waals surface area contributed by atoms with Gasteiger partial charge in [0.2, 0.25) is 0 Å². The molecule has 0 saturated carbocycles. The van der Waals surface area contributed by atoms with Gasteiger partial charge in [-0.15, -0.1) is 0 Å². The number of amides is 2. The molecule has 0 atom stereocenters. The number of nitrogens with zero attached hydrogens (tertiary/aromatic N) is 1. The minimum Gasteiger partial charge on any atom is -0.392 e. The highest BCUT2D eigenvalue weighted by Gasteiger charge is 2.29. The van der Waals surface area contributed by atoms with Crippen molar-refractivity contribution in [1.29, 1.82) is 0 Å². The van der Waals surface area contributed by atoms with Crippen molar-refractivity contribution < 1.29 is 9.59 Å². The minimum absolute atomic E-state index is 0.0453. The molecule has 1 heterocycles. The molecule has 1 aliphatic rings. The Morgan fingerprint density at radius 2 is 1.79 bits per heavy atom. The number of hydrogen-bond donors (Lipinski definition) is 3. The van der Waals surface area contributed by atoms with E-state index < -0.39 is 11.8 Å². The molecule has 1 rings (SSSR count). The molecule has 1 fully saturated rings. The van der Waals surface area contributed by atoms with Crippen LogP contribution in [0.2, 0.25) is 0 Å². The van der Waals surface area contributed by atoms with Crippen molar-refractivity contribution in [2.45, 2.75) is 19.8 Å². The molecular weight excluding hydrogens is 264 g/mol. The van der Waals surface area contributed by atoms with E-state index in [-0.39, 0.29) is 16.9 Å². The minimum atomic E-state index is -0.690. The summed E-state index contributed by atoms with van der Waals surface area (Å²) in [6.07, 6.45) is 2.02. The second kappa shape index (κ2) is 6.81. The molecule has 7 heteroatoms. The molecule has 1 saturated heterocycles. The van der Waals surface area contributed by atoms with Crippen LogP contribution in [0.4, 0.5) is 0 Å². The van der Waals surface area contributed by atoms with Gasteiger partial charge in [0.25, 0.3) is 0 Å². The Kier molecular flexibility index (Phi) is 5.68. The summed E-state index contributed by atoms with van der Waals surface area (Å²) in [5, 5.41) is 5.04. The number of rotatable bonds is 4. The molecule has 0 spiro atoms. The normalized spacial score (nSPS) is 18.6. The first-order valence-electron chi connectivity index (χ1n) is 6.35. The van der Waals surface area contributed by atoms with E-state index in [4.69, 9.17) is 5.73 Å². The Labute approximate surface area is 119 Å². The highest BCUT2D eigenvalue weighted by Crippen LogP contribution is 2.29. The summed E-state index contributed by atoms with van der Waals surface area (Å²) in [6.45, 7) is 4.72. The van der Waals surface area contributed by atoms with Gasteiger partial charge in [-0.2, -0.15) is 0 Å². The monoisotopic (exact) mass is 286 g/mol. The van der Waals surface area contributed by atoms with Crippen LogP contribution in [-0.2, 0) is 9.59 Å². The molecule has 0 bridgehead atoms. The topological polar surface area (TPSA) is 87.5 Å². The largest absolute Gasteiger partial charge is 0.392 e. The zero-order chi connectivity index (χ0) is 14.5. The molecule has 108 valence electrons. The van der Waals surface area contributed by atoms with Gasteiger partial charge >= 0.3 is 11.8 Å². The Morgan fingerprint density at radius 3 is 2.32 bits per heavy atom. The zero-order valence-electron chi connectivity index (χ0n) is 11.5. The van der Waals surface area contributed by atoms with Gasteiger partial charge in [0.1, 0.15) is 0 Å². The second-order valence-corrected chi connectivity index (χ2v) is 5.97. The predicted octanol–water partition coefficient (Wildman–Crippen LogP) is -0.763. The van der Waals surface area contributed by atoms with Gasteiger partial charge < -0.3 is 21.3 Å². The summed E-state index contributed by atoms with van der Waals surface area (Å²) in [5.41, 5.74) is 5.31.